The molecule has 0 unspecified atom stereocenters. The highest BCUT2D eigenvalue weighted by molar-refractivity contribution is 6.02. The van der Waals surface area contributed by atoms with Crippen molar-refractivity contribution >= 4 is 11.8 Å². The van der Waals surface area contributed by atoms with Gasteiger partial charge in [0.25, 0.3) is 0 Å². The van der Waals surface area contributed by atoms with E-state index in [-0.39, 0.29) is 11.7 Å². The summed E-state index contributed by atoms with van der Waals surface area (Å²) in [4.78, 5) is 22.1. The van der Waals surface area contributed by atoms with Crippen molar-refractivity contribution in [2.24, 2.45) is 11.8 Å². The third-order valence-electron chi connectivity index (χ3n) is 2.49. The normalized spacial score (nSPS) is 24.3. The van der Waals surface area contributed by atoms with Crippen LogP contribution >= 0.6 is 0 Å². The van der Waals surface area contributed by atoms with Gasteiger partial charge in [0.2, 0.25) is 0 Å². The molecule has 1 aromatic carbocycles. The van der Waals surface area contributed by atoms with Crippen LogP contribution < -0.4 is 5.11 Å². The summed E-state index contributed by atoms with van der Waals surface area (Å²) in [5.74, 6) is -2.12. The second-order valence-electron chi connectivity index (χ2n) is 3.50. The zero-order valence-corrected chi connectivity index (χ0v) is 7.47. The summed E-state index contributed by atoms with van der Waals surface area (Å²) in [5, 5.41) is 10.4. The molecular weight excluding hydrogens is 180 g/mol. The highest BCUT2D eigenvalue weighted by atomic mass is 16.4. The summed E-state index contributed by atoms with van der Waals surface area (Å²) >= 11 is 0. The molecule has 72 valence electrons. The fourth-order valence-electron chi connectivity index (χ4n) is 1.56. The smallest absolute Gasteiger partial charge is 0.166 e. The quantitative estimate of drug-likeness (QED) is 0.640. The third kappa shape index (κ3) is 1.53. The van der Waals surface area contributed by atoms with Crippen LogP contribution in [0.25, 0.3) is 0 Å². The number of Topliss-reactive ketones (excluding diaryl/α,β-unsaturated/α-hetero) is 1. The minimum Gasteiger partial charge on any atom is -0.550 e. The second kappa shape index (κ2) is 3.25. The number of carbonyl (C=O) groups is 2. The van der Waals surface area contributed by atoms with Gasteiger partial charge in [0.15, 0.2) is 5.78 Å². The van der Waals surface area contributed by atoms with E-state index in [0.717, 1.165) is 0 Å². The van der Waals surface area contributed by atoms with Crippen LogP contribution in [-0.2, 0) is 4.79 Å². The van der Waals surface area contributed by atoms with Crippen molar-refractivity contribution in [1.82, 2.24) is 0 Å². The van der Waals surface area contributed by atoms with Crippen LogP contribution in [0.3, 0.4) is 0 Å². The molecule has 1 aromatic rings. The van der Waals surface area contributed by atoms with Crippen LogP contribution in [0.15, 0.2) is 30.3 Å². The molecule has 3 nitrogen and oxygen atoms in total. The van der Waals surface area contributed by atoms with E-state index < -0.39 is 11.9 Å². The molecule has 0 saturated heterocycles. The molecule has 3 heteroatoms. The van der Waals surface area contributed by atoms with Gasteiger partial charge < -0.3 is 9.90 Å². The number of hydrogen-bond donors (Lipinski definition) is 0. The monoisotopic (exact) mass is 189 g/mol. The van der Waals surface area contributed by atoms with Gasteiger partial charge in [-0.1, -0.05) is 30.3 Å². The minimum atomic E-state index is -1.11. The molecule has 0 aliphatic heterocycles. The maximum Gasteiger partial charge on any atom is 0.166 e. The van der Waals surface area contributed by atoms with Crippen LogP contribution in [0, 0.1) is 11.8 Å². The molecule has 0 bridgehead atoms. The molecule has 0 amide bonds. The first kappa shape index (κ1) is 8.94. The molecule has 0 aromatic heterocycles. The van der Waals surface area contributed by atoms with E-state index in [1.807, 2.05) is 6.07 Å². The average molecular weight is 189 g/mol. The van der Waals surface area contributed by atoms with Gasteiger partial charge >= 0.3 is 0 Å². The largest absolute Gasteiger partial charge is 0.550 e. The van der Waals surface area contributed by atoms with E-state index in [1.165, 1.54) is 0 Å². The van der Waals surface area contributed by atoms with Gasteiger partial charge in [-0.15, -0.1) is 0 Å². The van der Waals surface area contributed by atoms with Crippen molar-refractivity contribution in [2.75, 3.05) is 0 Å². The summed E-state index contributed by atoms with van der Waals surface area (Å²) in [6.07, 6.45) is 0.427. The average Bonchev–Trinajstić information content (AvgIpc) is 2.97. The van der Waals surface area contributed by atoms with E-state index in [9.17, 15) is 14.7 Å². The molecular formula is C11H9O3-. The molecule has 0 radical (unpaired) electrons. The summed E-state index contributed by atoms with van der Waals surface area (Å²) in [6.45, 7) is 0. The maximum atomic E-state index is 11.6. The maximum absolute atomic E-state index is 11.6. The topological polar surface area (TPSA) is 57.2 Å². The molecule has 0 heterocycles. The predicted molar refractivity (Wildman–Crippen MR) is 47.4 cm³/mol. The van der Waals surface area contributed by atoms with E-state index in [0.29, 0.717) is 12.0 Å². The van der Waals surface area contributed by atoms with Gasteiger partial charge in [0.1, 0.15) is 0 Å². The lowest BCUT2D eigenvalue weighted by molar-refractivity contribution is -0.308. The minimum absolute atomic E-state index is 0.0835. The molecule has 0 N–H and O–H groups in total. The van der Waals surface area contributed by atoms with Crippen LogP contribution in [0.2, 0.25) is 0 Å². The van der Waals surface area contributed by atoms with Crippen molar-refractivity contribution in [2.45, 2.75) is 6.42 Å². The Hall–Kier alpha value is -1.64. The Morgan fingerprint density at radius 2 is 1.79 bits per heavy atom. The number of aliphatic carboxylic acids is 1. The Labute approximate surface area is 81.4 Å². The Morgan fingerprint density at radius 1 is 1.14 bits per heavy atom. The molecule has 1 aliphatic rings. The van der Waals surface area contributed by atoms with Gasteiger partial charge in [0.05, 0.1) is 0 Å². The molecule has 2 atom stereocenters. The summed E-state index contributed by atoms with van der Waals surface area (Å²) in [5.41, 5.74) is 0.584. The van der Waals surface area contributed by atoms with Crippen molar-refractivity contribution in [3.05, 3.63) is 35.9 Å². The fraction of sp³-hybridized carbons (Fsp3) is 0.273. The van der Waals surface area contributed by atoms with Gasteiger partial charge in [0, 0.05) is 23.4 Å². The summed E-state index contributed by atoms with van der Waals surface area (Å²) in [7, 11) is 0. The Kier molecular flexibility index (Phi) is 2.08. The molecule has 1 fully saturated rings. The van der Waals surface area contributed by atoms with Crippen LogP contribution in [0.4, 0.5) is 0 Å². The van der Waals surface area contributed by atoms with E-state index in [4.69, 9.17) is 0 Å². The second-order valence-corrected chi connectivity index (χ2v) is 3.50. The third-order valence-corrected chi connectivity index (χ3v) is 2.49. The number of rotatable bonds is 3. The highest BCUT2D eigenvalue weighted by Crippen LogP contribution is 2.40. The Bertz CT molecular complexity index is 369. The number of carboxylic acid groups (broad SMARTS) is 1. The van der Waals surface area contributed by atoms with Crippen molar-refractivity contribution < 1.29 is 14.7 Å². The SMILES string of the molecule is O=C([O-])[C@@H]1C[C@H]1C(=O)c1ccccc1. The predicted octanol–water partition coefficient (Wildman–Crippen LogP) is 0.255. The molecule has 0 spiro atoms. The first-order valence-electron chi connectivity index (χ1n) is 4.50. The lowest BCUT2D eigenvalue weighted by Crippen LogP contribution is -2.26. The zero-order chi connectivity index (χ0) is 10.1. The molecule has 1 aliphatic carbocycles. The zero-order valence-electron chi connectivity index (χ0n) is 7.47. The first-order chi connectivity index (χ1) is 6.70. The first-order valence-corrected chi connectivity index (χ1v) is 4.50. The summed E-state index contributed by atoms with van der Waals surface area (Å²) < 4.78 is 0. The Balaban J connectivity index is 2.09. The van der Waals surface area contributed by atoms with Gasteiger partial charge in [-0.05, 0) is 6.42 Å². The van der Waals surface area contributed by atoms with Crippen LogP contribution in [0.5, 0.6) is 0 Å². The van der Waals surface area contributed by atoms with Gasteiger partial charge in [-0.2, -0.15) is 0 Å². The fourth-order valence-corrected chi connectivity index (χ4v) is 1.56. The van der Waals surface area contributed by atoms with E-state index in [1.54, 1.807) is 24.3 Å². The van der Waals surface area contributed by atoms with Crippen molar-refractivity contribution in [1.29, 1.82) is 0 Å². The van der Waals surface area contributed by atoms with Crippen LogP contribution in [0.1, 0.15) is 16.8 Å². The Morgan fingerprint density at radius 3 is 2.29 bits per heavy atom. The van der Waals surface area contributed by atoms with E-state index >= 15 is 0 Å². The number of benzene rings is 1. The van der Waals surface area contributed by atoms with Crippen LogP contribution in [-0.4, -0.2) is 11.8 Å². The van der Waals surface area contributed by atoms with Crippen molar-refractivity contribution in [3.63, 3.8) is 0 Å². The van der Waals surface area contributed by atoms with E-state index in [2.05, 4.69) is 0 Å². The molecule has 1 saturated carbocycles. The number of hydrogen-bond acceptors (Lipinski definition) is 3. The number of carbonyl (C=O) groups excluding carboxylic acids is 2. The number of carboxylic acids is 1. The lowest BCUT2D eigenvalue weighted by Gasteiger charge is -2.00. The molecule has 14 heavy (non-hydrogen) atoms. The van der Waals surface area contributed by atoms with Crippen molar-refractivity contribution in [3.8, 4) is 0 Å². The standard InChI is InChI=1S/C11H10O3/c12-10(7-4-2-1-3-5-7)8-6-9(8)11(13)14/h1-5,8-9H,6H2,(H,13,14)/p-1/t8-,9-/m1/s1. The summed E-state index contributed by atoms with van der Waals surface area (Å²) in [6, 6.07) is 8.76. The van der Waals surface area contributed by atoms with Gasteiger partial charge in [-0.3, -0.25) is 4.79 Å². The lowest BCUT2D eigenvalue weighted by atomic mass is 10.1. The number of ketones is 1. The highest BCUT2D eigenvalue weighted by Gasteiger charge is 2.43. The van der Waals surface area contributed by atoms with Gasteiger partial charge in [-0.25, -0.2) is 0 Å². The molecule has 2 rings (SSSR count).